The number of pyridine rings is 1. The van der Waals surface area contributed by atoms with Crippen molar-refractivity contribution in [3.63, 3.8) is 0 Å². The number of piperidine rings is 1. The average molecular weight is 248 g/mol. The maximum Gasteiger partial charge on any atom is 0.170 e. The fraction of sp³-hybridized carbons (Fsp3) is 0.538. The molecule has 0 radical (unpaired) electrons. The minimum absolute atomic E-state index is 0.131. The summed E-state index contributed by atoms with van der Waals surface area (Å²) in [4.78, 5) is 6.85. The Kier molecular flexibility index (Phi) is 3.69. The van der Waals surface area contributed by atoms with E-state index in [-0.39, 0.29) is 5.84 Å². The van der Waals surface area contributed by atoms with Crippen LogP contribution in [0.1, 0.15) is 37.4 Å². The Morgan fingerprint density at radius 2 is 2.28 bits per heavy atom. The SMILES string of the molecule is Cc1cc(/C(N)=N/O)cc(N2CCCCC2C)n1. The van der Waals surface area contributed by atoms with E-state index >= 15 is 0 Å². The fourth-order valence-corrected chi connectivity index (χ4v) is 2.44. The summed E-state index contributed by atoms with van der Waals surface area (Å²) < 4.78 is 0. The lowest BCUT2D eigenvalue weighted by Gasteiger charge is -2.34. The van der Waals surface area contributed by atoms with Crippen LogP contribution in [0.2, 0.25) is 0 Å². The van der Waals surface area contributed by atoms with Gasteiger partial charge in [0.1, 0.15) is 5.82 Å². The predicted octanol–water partition coefficient (Wildman–Crippen LogP) is 1.86. The highest BCUT2D eigenvalue weighted by molar-refractivity contribution is 5.97. The first-order valence-corrected chi connectivity index (χ1v) is 6.35. The molecule has 0 aliphatic carbocycles. The number of nitrogens with zero attached hydrogens (tertiary/aromatic N) is 3. The quantitative estimate of drug-likeness (QED) is 0.362. The van der Waals surface area contributed by atoms with Crippen molar-refractivity contribution in [1.29, 1.82) is 0 Å². The lowest BCUT2D eigenvalue weighted by molar-refractivity contribution is 0.318. The number of aryl methyl sites for hydroxylation is 1. The molecular formula is C13H20N4O. The average Bonchev–Trinajstić information content (AvgIpc) is 2.37. The zero-order valence-electron chi connectivity index (χ0n) is 10.9. The van der Waals surface area contributed by atoms with E-state index in [1.165, 1.54) is 19.3 Å². The molecule has 2 rings (SSSR count). The van der Waals surface area contributed by atoms with Crippen LogP contribution in [0.4, 0.5) is 5.82 Å². The lowest BCUT2D eigenvalue weighted by atomic mass is 10.0. The van der Waals surface area contributed by atoms with E-state index < -0.39 is 0 Å². The van der Waals surface area contributed by atoms with Crippen LogP contribution in [-0.4, -0.2) is 28.6 Å². The van der Waals surface area contributed by atoms with Gasteiger partial charge in [-0.1, -0.05) is 5.16 Å². The van der Waals surface area contributed by atoms with Crippen LogP contribution >= 0.6 is 0 Å². The van der Waals surface area contributed by atoms with Crippen molar-refractivity contribution in [3.05, 3.63) is 23.4 Å². The minimum Gasteiger partial charge on any atom is -0.409 e. The highest BCUT2D eigenvalue weighted by Gasteiger charge is 2.20. The van der Waals surface area contributed by atoms with E-state index in [2.05, 4.69) is 22.0 Å². The fourth-order valence-electron chi connectivity index (χ4n) is 2.44. The second kappa shape index (κ2) is 5.25. The number of aromatic nitrogens is 1. The van der Waals surface area contributed by atoms with Crippen molar-refractivity contribution in [2.24, 2.45) is 10.9 Å². The molecule has 0 bridgehead atoms. The Morgan fingerprint density at radius 3 is 2.94 bits per heavy atom. The van der Waals surface area contributed by atoms with Gasteiger partial charge in [-0.15, -0.1) is 0 Å². The molecule has 5 heteroatoms. The number of hydrogen-bond donors (Lipinski definition) is 2. The Hall–Kier alpha value is -1.78. The molecule has 0 spiro atoms. The van der Waals surface area contributed by atoms with Crippen molar-refractivity contribution in [2.45, 2.75) is 39.2 Å². The van der Waals surface area contributed by atoms with Gasteiger partial charge in [-0.05, 0) is 45.2 Å². The molecule has 1 atom stereocenters. The first kappa shape index (κ1) is 12.7. The van der Waals surface area contributed by atoms with Crippen molar-refractivity contribution >= 4 is 11.7 Å². The van der Waals surface area contributed by atoms with Gasteiger partial charge in [-0.3, -0.25) is 0 Å². The molecule has 0 saturated carbocycles. The maximum absolute atomic E-state index is 8.76. The molecule has 3 N–H and O–H groups in total. The molecule has 2 heterocycles. The lowest BCUT2D eigenvalue weighted by Crippen LogP contribution is -2.38. The highest BCUT2D eigenvalue weighted by atomic mass is 16.4. The van der Waals surface area contributed by atoms with Gasteiger partial charge in [0.05, 0.1) is 0 Å². The molecule has 1 saturated heterocycles. The van der Waals surface area contributed by atoms with Crippen LogP contribution in [0.25, 0.3) is 0 Å². The molecular weight excluding hydrogens is 228 g/mol. The summed E-state index contributed by atoms with van der Waals surface area (Å²) in [6.45, 7) is 5.16. The van der Waals surface area contributed by atoms with E-state index in [4.69, 9.17) is 10.9 Å². The normalized spacial score (nSPS) is 21.1. The summed E-state index contributed by atoms with van der Waals surface area (Å²) in [7, 11) is 0. The Morgan fingerprint density at radius 1 is 1.50 bits per heavy atom. The van der Waals surface area contributed by atoms with E-state index in [0.29, 0.717) is 6.04 Å². The van der Waals surface area contributed by atoms with Crippen molar-refractivity contribution in [2.75, 3.05) is 11.4 Å². The second-order valence-electron chi connectivity index (χ2n) is 4.88. The van der Waals surface area contributed by atoms with E-state index in [1.54, 1.807) is 0 Å². The number of hydrogen-bond acceptors (Lipinski definition) is 4. The minimum atomic E-state index is 0.131. The zero-order chi connectivity index (χ0) is 13.1. The van der Waals surface area contributed by atoms with E-state index in [9.17, 15) is 0 Å². The number of rotatable bonds is 2. The van der Waals surface area contributed by atoms with Gasteiger partial charge in [0, 0.05) is 23.8 Å². The molecule has 1 aromatic rings. The van der Waals surface area contributed by atoms with Gasteiger partial charge in [-0.2, -0.15) is 0 Å². The molecule has 0 amide bonds. The van der Waals surface area contributed by atoms with Gasteiger partial charge >= 0.3 is 0 Å². The third-order valence-electron chi connectivity index (χ3n) is 3.44. The van der Waals surface area contributed by atoms with Crippen LogP contribution in [0.15, 0.2) is 17.3 Å². The topological polar surface area (TPSA) is 74.7 Å². The monoisotopic (exact) mass is 248 g/mol. The smallest absolute Gasteiger partial charge is 0.170 e. The summed E-state index contributed by atoms with van der Waals surface area (Å²) >= 11 is 0. The third-order valence-corrected chi connectivity index (χ3v) is 3.44. The van der Waals surface area contributed by atoms with Gasteiger partial charge < -0.3 is 15.8 Å². The number of oxime groups is 1. The maximum atomic E-state index is 8.76. The van der Waals surface area contributed by atoms with Gasteiger partial charge in [0.2, 0.25) is 0 Å². The summed E-state index contributed by atoms with van der Waals surface area (Å²) in [5, 5.41) is 11.8. The van der Waals surface area contributed by atoms with Crippen molar-refractivity contribution in [1.82, 2.24) is 4.98 Å². The van der Waals surface area contributed by atoms with Gasteiger partial charge in [-0.25, -0.2) is 4.98 Å². The third kappa shape index (κ3) is 2.55. The number of nitrogens with two attached hydrogens (primary N) is 1. The van der Waals surface area contributed by atoms with Crippen molar-refractivity contribution in [3.8, 4) is 0 Å². The van der Waals surface area contributed by atoms with Crippen LogP contribution in [-0.2, 0) is 0 Å². The Labute approximate surface area is 107 Å². The second-order valence-corrected chi connectivity index (χ2v) is 4.88. The summed E-state index contributed by atoms with van der Waals surface area (Å²) in [6, 6.07) is 4.21. The highest BCUT2D eigenvalue weighted by Crippen LogP contribution is 2.24. The standard InChI is InChI=1S/C13H20N4O/c1-9-7-11(13(14)16-18)8-12(15-9)17-6-4-3-5-10(17)2/h7-8,10,18H,3-6H2,1-2H3,(H2,14,16). The number of amidine groups is 1. The number of anilines is 1. The molecule has 18 heavy (non-hydrogen) atoms. The molecule has 5 nitrogen and oxygen atoms in total. The first-order chi connectivity index (χ1) is 8.61. The van der Waals surface area contributed by atoms with Crippen molar-refractivity contribution < 1.29 is 5.21 Å². The summed E-state index contributed by atoms with van der Waals surface area (Å²) in [5.41, 5.74) is 7.25. The van der Waals surface area contributed by atoms with Crippen LogP contribution < -0.4 is 10.6 Å². The van der Waals surface area contributed by atoms with E-state index in [0.717, 1.165) is 23.6 Å². The largest absolute Gasteiger partial charge is 0.409 e. The molecule has 0 aromatic carbocycles. The van der Waals surface area contributed by atoms with Gasteiger partial charge in [0.25, 0.3) is 0 Å². The van der Waals surface area contributed by atoms with E-state index in [1.807, 2.05) is 19.1 Å². The van der Waals surface area contributed by atoms with Crippen LogP contribution in [0, 0.1) is 6.92 Å². The molecule has 1 unspecified atom stereocenters. The molecule has 1 aliphatic heterocycles. The Balaban J connectivity index is 2.35. The van der Waals surface area contributed by atoms with Gasteiger partial charge in [0.15, 0.2) is 5.84 Å². The first-order valence-electron chi connectivity index (χ1n) is 6.35. The molecule has 1 aliphatic rings. The molecule has 1 fully saturated rings. The molecule has 1 aromatic heterocycles. The summed E-state index contributed by atoms with van der Waals surface area (Å²) in [6.07, 6.45) is 3.66. The predicted molar refractivity (Wildman–Crippen MR) is 72.1 cm³/mol. The zero-order valence-corrected chi connectivity index (χ0v) is 10.9. The Bertz CT molecular complexity index is 458. The summed E-state index contributed by atoms with van der Waals surface area (Å²) in [5.74, 6) is 1.05. The molecule has 98 valence electrons. The van der Waals surface area contributed by atoms with Crippen LogP contribution in [0.5, 0.6) is 0 Å². The van der Waals surface area contributed by atoms with Crippen LogP contribution in [0.3, 0.4) is 0 Å².